The molecule has 3 aliphatic rings. The van der Waals surface area contributed by atoms with Crippen LogP contribution in [0.15, 0.2) is 101 Å². The summed E-state index contributed by atoms with van der Waals surface area (Å²) >= 11 is 0. The molecule has 17 heteroatoms. The molecule has 3 aromatic rings. The van der Waals surface area contributed by atoms with Gasteiger partial charge in [0.25, 0.3) is 30.4 Å². The zero-order valence-corrected chi connectivity index (χ0v) is 37.8. The fourth-order valence-corrected chi connectivity index (χ4v) is 10.5. The van der Waals surface area contributed by atoms with Crippen molar-refractivity contribution in [2.45, 2.75) is 88.4 Å². The van der Waals surface area contributed by atoms with Gasteiger partial charge in [0.05, 0.1) is 34.5 Å². The summed E-state index contributed by atoms with van der Waals surface area (Å²) in [6, 6.07) is 14.4. The van der Waals surface area contributed by atoms with E-state index in [4.69, 9.17) is 4.74 Å². The van der Waals surface area contributed by atoms with Crippen LogP contribution < -0.4 is 9.64 Å². The second-order valence-corrected chi connectivity index (χ2v) is 21.5. The molecule has 334 valence electrons. The first kappa shape index (κ1) is 47.0. The number of unbranched alkanes of at least 4 members (excludes halogenated alkanes) is 2. The Balaban J connectivity index is 1.50. The van der Waals surface area contributed by atoms with Crippen LogP contribution in [0.25, 0.3) is 5.57 Å². The average Bonchev–Trinajstić information content (AvgIpc) is 3.53. The number of halogens is 2. The van der Waals surface area contributed by atoms with E-state index in [0.29, 0.717) is 72.3 Å². The van der Waals surface area contributed by atoms with Crippen LogP contribution in [0.4, 0.5) is 20.2 Å². The lowest BCUT2D eigenvalue weighted by Gasteiger charge is -2.28. The van der Waals surface area contributed by atoms with Gasteiger partial charge < -0.3 is 9.64 Å². The van der Waals surface area contributed by atoms with Crippen LogP contribution in [0, 0.1) is 11.6 Å². The highest BCUT2D eigenvalue weighted by Gasteiger charge is 2.44. The maximum atomic E-state index is 16.3. The van der Waals surface area contributed by atoms with Crippen LogP contribution in [0.3, 0.4) is 0 Å². The number of benzene rings is 3. The Hall–Kier alpha value is -4.52. The van der Waals surface area contributed by atoms with Crippen LogP contribution in [-0.4, -0.2) is 80.9 Å². The van der Waals surface area contributed by atoms with Gasteiger partial charge in [0.15, 0.2) is 5.71 Å². The van der Waals surface area contributed by atoms with E-state index in [1.807, 2.05) is 67.3 Å². The average molecular weight is 916 g/mol. The maximum Gasteiger partial charge on any atom is 0.294 e. The van der Waals surface area contributed by atoms with Gasteiger partial charge in [-0.2, -0.15) is 29.8 Å². The largest absolute Gasteiger partial charge is 0.497 e. The number of fused-ring (bicyclic) bond motifs is 2. The molecule has 0 bridgehead atoms. The highest BCUT2D eigenvalue weighted by atomic mass is 32.2. The normalized spacial score (nSPS) is 19.0. The third-order valence-corrected chi connectivity index (χ3v) is 14.4. The first-order chi connectivity index (χ1) is 28.9. The molecule has 3 aromatic carbocycles. The minimum Gasteiger partial charge on any atom is -0.497 e. The fraction of sp³-hybridized carbons (Fsp3) is 0.400. The highest BCUT2D eigenvalue weighted by molar-refractivity contribution is 7.86. The molecule has 0 fully saturated rings. The maximum absolute atomic E-state index is 16.3. The van der Waals surface area contributed by atoms with Crippen molar-refractivity contribution >= 4 is 53.0 Å². The Bertz CT molecular complexity index is 2750. The molecule has 6 rings (SSSR count). The van der Waals surface area contributed by atoms with Gasteiger partial charge in [0.2, 0.25) is 5.69 Å². The minimum absolute atomic E-state index is 0.00920. The Labute approximate surface area is 363 Å². The van der Waals surface area contributed by atoms with Crippen molar-refractivity contribution in [3.8, 4) is 5.75 Å². The van der Waals surface area contributed by atoms with Crippen molar-refractivity contribution in [1.29, 1.82) is 0 Å². The Kier molecular flexibility index (Phi) is 13.6. The van der Waals surface area contributed by atoms with Crippen molar-refractivity contribution in [3.63, 3.8) is 0 Å². The van der Waals surface area contributed by atoms with Crippen LogP contribution >= 0.6 is 0 Å². The van der Waals surface area contributed by atoms with E-state index in [1.54, 1.807) is 6.07 Å². The molecule has 1 aliphatic carbocycles. The third kappa shape index (κ3) is 10.1. The molecule has 0 unspecified atom stereocenters. The van der Waals surface area contributed by atoms with Crippen molar-refractivity contribution in [2.75, 3.05) is 36.6 Å². The molecule has 0 amide bonds. The summed E-state index contributed by atoms with van der Waals surface area (Å²) in [6.07, 6.45) is 10.2. The molecule has 2 heterocycles. The first-order valence-corrected chi connectivity index (χ1v) is 25.0. The lowest BCUT2D eigenvalue weighted by Crippen LogP contribution is -2.28. The second kappa shape index (κ2) is 17.9. The number of hydrogen-bond acceptors (Lipinski definition) is 8. The summed E-state index contributed by atoms with van der Waals surface area (Å²) < 4.78 is 139. The van der Waals surface area contributed by atoms with Crippen LogP contribution in [-0.2, 0) is 41.2 Å². The predicted octanol–water partition coefficient (Wildman–Crippen LogP) is 8.73. The van der Waals surface area contributed by atoms with Crippen molar-refractivity contribution < 1.29 is 57.0 Å². The first-order valence-electron chi connectivity index (χ1n) is 20.3. The molecule has 12 nitrogen and oxygen atoms in total. The number of allylic oxidation sites excluding steroid dienone is 8. The number of rotatable bonds is 16. The lowest BCUT2D eigenvalue weighted by atomic mass is 9.79. The molecule has 0 radical (unpaired) electrons. The quantitative estimate of drug-likeness (QED) is 0.0711. The molecule has 0 aromatic heterocycles. The summed E-state index contributed by atoms with van der Waals surface area (Å²) in [5.74, 6) is -2.44. The molecule has 0 saturated carbocycles. The number of para-hydroxylation sites is 1. The molecular formula is C45H53F2N2O10S3+. The van der Waals surface area contributed by atoms with Gasteiger partial charge in [-0.1, -0.05) is 44.2 Å². The minimum atomic E-state index is -4.56. The Morgan fingerprint density at radius 2 is 1.42 bits per heavy atom. The summed E-state index contributed by atoms with van der Waals surface area (Å²) in [5.41, 5.74) is 4.86. The molecule has 0 saturated heterocycles. The molecule has 0 spiro atoms. The molecule has 3 N–H and O–H groups in total. The van der Waals surface area contributed by atoms with E-state index in [0.717, 1.165) is 29.1 Å². The van der Waals surface area contributed by atoms with Gasteiger partial charge in [0, 0.05) is 59.6 Å². The topological polar surface area (TPSA) is 179 Å². The molecule has 2 aliphatic heterocycles. The Morgan fingerprint density at radius 3 is 2.05 bits per heavy atom. The molecular weight excluding hydrogens is 863 g/mol. The van der Waals surface area contributed by atoms with E-state index in [9.17, 15) is 38.9 Å². The molecule has 62 heavy (non-hydrogen) atoms. The second-order valence-electron chi connectivity index (χ2n) is 16.9. The SMILES string of the molecule is COc1cc(F)c(C2=C(C=CC3=[N+](CCCCS(=O)(=O)O)c4ccccc4C3(C)C)CCCC2=CC=C2N(CCCCS(=O)(=O)O)c3ccc(S(=O)(=O)O)cc3C2(C)C)c(F)c1. The van der Waals surface area contributed by atoms with Gasteiger partial charge in [-0.15, -0.1) is 0 Å². The summed E-state index contributed by atoms with van der Waals surface area (Å²) in [5, 5.41) is 0. The van der Waals surface area contributed by atoms with Crippen LogP contribution in [0.2, 0.25) is 0 Å². The Morgan fingerprint density at radius 1 is 0.774 bits per heavy atom. The number of nitrogens with zero attached hydrogens (tertiary/aromatic N) is 2. The van der Waals surface area contributed by atoms with Crippen molar-refractivity contribution in [2.24, 2.45) is 0 Å². The van der Waals surface area contributed by atoms with Gasteiger partial charge in [-0.25, -0.2) is 8.78 Å². The van der Waals surface area contributed by atoms with E-state index in [1.165, 1.54) is 19.2 Å². The number of hydrogen-bond donors (Lipinski definition) is 3. The van der Waals surface area contributed by atoms with Crippen LogP contribution in [0.5, 0.6) is 5.75 Å². The highest BCUT2D eigenvalue weighted by Crippen LogP contribution is 2.49. The zero-order chi connectivity index (χ0) is 45.4. The van der Waals surface area contributed by atoms with Crippen molar-refractivity contribution in [1.82, 2.24) is 0 Å². The predicted molar refractivity (Wildman–Crippen MR) is 236 cm³/mol. The zero-order valence-electron chi connectivity index (χ0n) is 35.4. The number of ether oxygens (including phenoxy) is 1. The number of anilines is 1. The van der Waals surface area contributed by atoms with E-state index >= 15 is 8.78 Å². The van der Waals surface area contributed by atoms with E-state index < -0.39 is 58.6 Å². The monoisotopic (exact) mass is 915 g/mol. The van der Waals surface area contributed by atoms with E-state index in [-0.39, 0.29) is 41.3 Å². The lowest BCUT2D eigenvalue weighted by molar-refractivity contribution is -0.438. The van der Waals surface area contributed by atoms with Gasteiger partial charge in [0.1, 0.15) is 23.9 Å². The van der Waals surface area contributed by atoms with Gasteiger partial charge in [-0.05, 0) is 98.9 Å². The van der Waals surface area contributed by atoms with Gasteiger partial charge >= 0.3 is 0 Å². The fourth-order valence-electron chi connectivity index (χ4n) is 8.89. The molecule has 0 atom stereocenters. The van der Waals surface area contributed by atoms with E-state index in [2.05, 4.69) is 18.4 Å². The third-order valence-electron chi connectivity index (χ3n) is 11.9. The summed E-state index contributed by atoms with van der Waals surface area (Å²) in [6.45, 7) is 8.66. The van der Waals surface area contributed by atoms with Gasteiger partial charge in [-0.3, -0.25) is 13.7 Å². The number of methoxy groups -OCH3 is 1. The van der Waals surface area contributed by atoms with Crippen LogP contribution in [0.1, 0.15) is 89.3 Å². The summed E-state index contributed by atoms with van der Waals surface area (Å²) in [4.78, 5) is 1.63. The summed E-state index contributed by atoms with van der Waals surface area (Å²) in [7, 11) is -11.6. The smallest absolute Gasteiger partial charge is 0.294 e. The van der Waals surface area contributed by atoms with Crippen molar-refractivity contribution in [3.05, 3.63) is 124 Å². The standard InChI is InChI=1S/C45H52F2N2O10S3/c1-44(2)34-15-6-7-16-38(34)48(23-8-10-25-60(50,51)52)40(44)21-17-30-13-12-14-31(42(30)43-36(46)27-32(59-5)28-37(43)47)18-22-41-45(3,4)35-29-33(62(56,57)58)19-20-39(35)49(41)24-9-11-26-61(53,54)55/h6-7,15-22,27-29H,8-14,23-26H2,1-5H3,(H2-,50,51,52,53,54,55,56,57,58)/p+1.